The molecule has 8 heteroatoms. The average Bonchev–Trinajstić information content (AvgIpc) is 2.68. The van der Waals surface area contributed by atoms with E-state index in [-0.39, 0.29) is 6.61 Å². The van der Waals surface area contributed by atoms with Crippen molar-refractivity contribution in [1.29, 1.82) is 0 Å². The van der Waals surface area contributed by atoms with E-state index in [1.54, 1.807) is 18.2 Å². The highest BCUT2D eigenvalue weighted by molar-refractivity contribution is 14.1. The number of benzene rings is 2. The van der Waals surface area contributed by atoms with Gasteiger partial charge in [-0.25, -0.2) is 4.79 Å². The van der Waals surface area contributed by atoms with Crippen LogP contribution in [0.4, 0.5) is 0 Å². The summed E-state index contributed by atoms with van der Waals surface area (Å²) in [5, 5.41) is 11.2. The lowest BCUT2D eigenvalue weighted by molar-refractivity contribution is -0.122. The number of rotatable bonds is 4. The summed E-state index contributed by atoms with van der Waals surface area (Å²) >= 11 is 3.42. The molecule has 2 aromatic carbocycles. The van der Waals surface area contributed by atoms with E-state index >= 15 is 0 Å². The number of esters is 1. The van der Waals surface area contributed by atoms with Crippen molar-refractivity contribution in [2.45, 2.75) is 0 Å². The molecule has 3 rings (SSSR count). The molecule has 2 aromatic rings. The van der Waals surface area contributed by atoms with Gasteiger partial charge in [-0.15, -0.1) is 5.10 Å². The van der Waals surface area contributed by atoms with E-state index in [1.807, 2.05) is 59.0 Å². The maximum atomic E-state index is 12.0. The summed E-state index contributed by atoms with van der Waals surface area (Å²) in [4.78, 5) is 23.9. The molecule has 0 fully saturated rings. The van der Waals surface area contributed by atoms with Gasteiger partial charge in [-0.05, 0) is 40.3 Å². The summed E-state index contributed by atoms with van der Waals surface area (Å²) in [5.41, 5.74) is 2.28. The van der Waals surface area contributed by atoms with Crippen LogP contribution in [0.15, 0.2) is 64.8 Å². The Labute approximate surface area is 168 Å². The number of ether oxygens (including phenoxy) is 1. The van der Waals surface area contributed by atoms with Gasteiger partial charge in [0.15, 0.2) is 11.8 Å². The molecule has 1 aliphatic heterocycles. The van der Waals surface area contributed by atoms with E-state index in [9.17, 15) is 9.59 Å². The van der Waals surface area contributed by atoms with Crippen molar-refractivity contribution in [2.75, 3.05) is 12.4 Å². The highest BCUT2D eigenvalue weighted by atomic mass is 127. The Kier molecular flexibility index (Phi) is 6.40. The van der Waals surface area contributed by atoms with Crippen LogP contribution in [0.2, 0.25) is 0 Å². The second-order valence-electron chi connectivity index (χ2n) is 5.21. The second kappa shape index (κ2) is 8.95. The van der Waals surface area contributed by atoms with Gasteiger partial charge >= 0.3 is 5.97 Å². The first-order valence-electron chi connectivity index (χ1n) is 7.68. The number of halogens is 1. The van der Waals surface area contributed by atoms with E-state index < -0.39 is 11.9 Å². The van der Waals surface area contributed by atoms with Crippen LogP contribution in [0.25, 0.3) is 0 Å². The number of carbonyl (C=O) groups is 2. The molecular weight excluding hydrogens is 465 g/mol. The van der Waals surface area contributed by atoms with Gasteiger partial charge in [0.25, 0.3) is 5.91 Å². The quantitative estimate of drug-likeness (QED) is 0.540. The number of hydrogen-bond acceptors (Lipinski definition) is 6. The van der Waals surface area contributed by atoms with E-state index in [4.69, 9.17) is 4.74 Å². The van der Waals surface area contributed by atoms with Gasteiger partial charge in [0.2, 0.25) is 0 Å². The largest absolute Gasteiger partial charge is 0.452 e. The molecule has 0 aliphatic carbocycles. The molecule has 0 aromatic heterocycles. The van der Waals surface area contributed by atoms with E-state index in [0.717, 1.165) is 14.8 Å². The standard InChI is InChI=1S/C18H14IN3O3S/c19-14-9-5-4-8-13(14)17(24)25-10-16(23)20-18-22-21-15(11-26-18)12-6-2-1-3-7-12/h1-9H,10-11H2,(H,20,22,23). The summed E-state index contributed by atoms with van der Waals surface area (Å²) in [6.45, 7) is -0.376. The molecule has 0 saturated heterocycles. The molecule has 1 heterocycles. The Hall–Kier alpha value is -2.20. The first-order chi connectivity index (χ1) is 12.6. The lowest BCUT2D eigenvalue weighted by atomic mass is 10.1. The topological polar surface area (TPSA) is 80.1 Å². The number of nitrogens with zero attached hydrogens (tertiary/aromatic N) is 2. The lowest BCUT2D eigenvalue weighted by Gasteiger charge is -2.13. The van der Waals surface area contributed by atoms with Crippen molar-refractivity contribution >= 4 is 57.1 Å². The Morgan fingerprint density at radius 3 is 2.50 bits per heavy atom. The van der Waals surface area contributed by atoms with Crippen LogP contribution < -0.4 is 5.32 Å². The maximum Gasteiger partial charge on any atom is 0.339 e. The minimum absolute atomic E-state index is 0.376. The van der Waals surface area contributed by atoms with Gasteiger partial charge in [-0.1, -0.05) is 54.2 Å². The molecule has 1 aliphatic rings. The normalized spacial score (nSPS) is 13.4. The molecule has 6 nitrogen and oxygen atoms in total. The number of hydrogen-bond donors (Lipinski definition) is 1. The molecule has 0 saturated carbocycles. The predicted octanol–water partition coefficient (Wildman–Crippen LogP) is 3.07. The van der Waals surface area contributed by atoms with Crippen LogP contribution in [0.1, 0.15) is 15.9 Å². The van der Waals surface area contributed by atoms with Crippen LogP contribution in [-0.2, 0) is 9.53 Å². The van der Waals surface area contributed by atoms with Crippen molar-refractivity contribution in [3.05, 3.63) is 69.3 Å². The van der Waals surface area contributed by atoms with Gasteiger partial charge in [0, 0.05) is 9.32 Å². The second-order valence-corrected chi connectivity index (χ2v) is 7.34. The summed E-state index contributed by atoms with van der Waals surface area (Å²) < 4.78 is 5.82. The molecule has 132 valence electrons. The third-order valence-corrected chi connectivity index (χ3v) is 5.20. The molecule has 26 heavy (non-hydrogen) atoms. The van der Waals surface area contributed by atoms with Crippen LogP contribution in [0, 0.1) is 3.57 Å². The molecule has 1 amide bonds. The van der Waals surface area contributed by atoms with Gasteiger partial charge in [0.05, 0.1) is 11.3 Å². The third kappa shape index (κ3) is 4.92. The summed E-state index contributed by atoms with van der Waals surface area (Å²) in [5.74, 6) is -0.382. The summed E-state index contributed by atoms with van der Waals surface area (Å²) in [6, 6.07) is 16.8. The first kappa shape index (κ1) is 18.6. The van der Waals surface area contributed by atoms with Crippen molar-refractivity contribution in [3.8, 4) is 0 Å². The van der Waals surface area contributed by atoms with Crippen LogP contribution in [0.3, 0.4) is 0 Å². The SMILES string of the molecule is O=C(COC(=O)c1ccccc1I)NC1=NN=C(c2ccccc2)CS1. The zero-order chi connectivity index (χ0) is 18.4. The minimum Gasteiger partial charge on any atom is -0.452 e. The molecule has 1 N–H and O–H groups in total. The fraction of sp³-hybridized carbons (Fsp3) is 0.111. The molecular formula is C18H14IN3O3S. The third-order valence-electron chi connectivity index (χ3n) is 3.39. The summed E-state index contributed by atoms with van der Waals surface area (Å²) in [7, 11) is 0. The number of thioether (sulfide) groups is 1. The van der Waals surface area contributed by atoms with Crippen LogP contribution >= 0.6 is 34.4 Å². The Morgan fingerprint density at radius 1 is 1.08 bits per heavy atom. The van der Waals surface area contributed by atoms with E-state index in [2.05, 4.69) is 15.5 Å². The fourth-order valence-electron chi connectivity index (χ4n) is 2.12. The van der Waals surface area contributed by atoms with E-state index in [1.165, 1.54) is 11.8 Å². The predicted molar refractivity (Wildman–Crippen MR) is 110 cm³/mol. The smallest absolute Gasteiger partial charge is 0.339 e. The maximum absolute atomic E-state index is 12.0. The van der Waals surface area contributed by atoms with Gasteiger partial charge in [-0.2, -0.15) is 5.10 Å². The van der Waals surface area contributed by atoms with E-state index in [0.29, 0.717) is 16.5 Å². The molecule has 0 bridgehead atoms. The zero-order valence-corrected chi connectivity index (χ0v) is 16.5. The Balaban J connectivity index is 1.53. The highest BCUT2D eigenvalue weighted by Crippen LogP contribution is 2.15. The van der Waals surface area contributed by atoms with Gasteiger partial charge in [-0.3, -0.25) is 4.79 Å². The van der Waals surface area contributed by atoms with Gasteiger partial charge in [0.1, 0.15) is 0 Å². The monoisotopic (exact) mass is 479 g/mol. The molecule has 0 unspecified atom stereocenters. The number of amides is 1. The first-order valence-corrected chi connectivity index (χ1v) is 9.74. The number of amidine groups is 1. The Morgan fingerprint density at radius 2 is 1.81 bits per heavy atom. The highest BCUT2D eigenvalue weighted by Gasteiger charge is 2.16. The van der Waals surface area contributed by atoms with Crippen molar-refractivity contribution < 1.29 is 14.3 Å². The van der Waals surface area contributed by atoms with Crippen LogP contribution in [-0.4, -0.2) is 35.1 Å². The molecule has 0 spiro atoms. The van der Waals surface area contributed by atoms with Gasteiger partial charge < -0.3 is 10.1 Å². The Bertz CT molecular complexity index is 884. The average molecular weight is 479 g/mol. The lowest BCUT2D eigenvalue weighted by Crippen LogP contribution is -2.34. The van der Waals surface area contributed by atoms with Crippen LogP contribution in [0.5, 0.6) is 0 Å². The van der Waals surface area contributed by atoms with Crippen molar-refractivity contribution in [1.82, 2.24) is 5.32 Å². The summed E-state index contributed by atoms with van der Waals surface area (Å²) in [6.07, 6.45) is 0. The molecule has 0 atom stereocenters. The zero-order valence-electron chi connectivity index (χ0n) is 13.5. The van der Waals surface area contributed by atoms with Crippen molar-refractivity contribution in [2.24, 2.45) is 10.2 Å². The number of carbonyl (C=O) groups excluding carboxylic acids is 2. The van der Waals surface area contributed by atoms with Crippen molar-refractivity contribution in [3.63, 3.8) is 0 Å². The molecule has 0 radical (unpaired) electrons. The minimum atomic E-state index is -0.534. The fourth-order valence-corrected chi connectivity index (χ4v) is 3.51. The number of nitrogens with one attached hydrogen (secondary N) is 1.